The maximum absolute atomic E-state index is 11.0. The number of methoxy groups -OCH3 is 1. The van der Waals surface area contributed by atoms with E-state index in [0.717, 1.165) is 5.56 Å². The van der Waals surface area contributed by atoms with Crippen molar-refractivity contribution >= 4 is 5.69 Å². The molecular weight excluding hydrogens is 274 g/mol. The Kier molecular flexibility index (Phi) is 4.73. The fourth-order valence-corrected chi connectivity index (χ4v) is 1.90. The van der Waals surface area contributed by atoms with Gasteiger partial charge in [0, 0.05) is 0 Å². The molecule has 6 nitrogen and oxygen atoms in total. The molecule has 0 saturated heterocycles. The Bertz CT molecular complexity index is 627. The molecule has 2 aromatic rings. The Morgan fingerprint density at radius 3 is 2.48 bits per heavy atom. The fraction of sp³-hybridized carbons (Fsp3) is 0.200. The van der Waals surface area contributed by atoms with Gasteiger partial charge in [0.2, 0.25) is 0 Å². The van der Waals surface area contributed by atoms with Gasteiger partial charge in [-0.2, -0.15) is 0 Å². The van der Waals surface area contributed by atoms with Crippen LogP contribution < -0.4 is 9.47 Å². The number of hydrogen-bond acceptors (Lipinski definition) is 5. The summed E-state index contributed by atoms with van der Waals surface area (Å²) in [5, 5.41) is 20.2. The normalized spacial score (nSPS) is 10.2. The number of ether oxygens (including phenoxy) is 2. The first kappa shape index (κ1) is 14.8. The van der Waals surface area contributed by atoms with Gasteiger partial charge < -0.3 is 14.6 Å². The van der Waals surface area contributed by atoms with E-state index in [2.05, 4.69) is 0 Å². The van der Waals surface area contributed by atoms with E-state index in [4.69, 9.17) is 9.47 Å². The quantitative estimate of drug-likeness (QED) is 0.653. The molecule has 0 aliphatic rings. The predicted octanol–water partition coefficient (Wildman–Crippen LogP) is 2.67. The van der Waals surface area contributed by atoms with Gasteiger partial charge in [-0.3, -0.25) is 10.1 Å². The van der Waals surface area contributed by atoms with Gasteiger partial charge in [-0.25, -0.2) is 0 Å². The van der Waals surface area contributed by atoms with Crippen molar-refractivity contribution in [2.24, 2.45) is 0 Å². The number of rotatable bonds is 6. The van der Waals surface area contributed by atoms with Crippen molar-refractivity contribution in [3.63, 3.8) is 0 Å². The lowest BCUT2D eigenvalue weighted by Gasteiger charge is -2.12. The molecule has 2 rings (SSSR count). The number of aliphatic hydroxyl groups excluding tert-OH is 1. The Labute approximate surface area is 121 Å². The minimum absolute atomic E-state index is 0.184. The van der Waals surface area contributed by atoms with Gasteiger partial charge in [-0.05, 0) is 11.6 Å². The van der Waals surface area contributed by atoms with E-state index < -0.39 is 11.5 Å². The molecule has 6 heteroatoms. The van der Waals surface area contributed by atoms with Crippen LogP contribution in [0, 0.1) is 10.1 Å². The van der Waals surface area contributed by atoms with Gasteiger partial charge in [-0.1, -0.05) is 30.3 Å². The SMILES string of the molecule is COc1cc(CO)c([N+](=O)[O-])cc1OCc1ccccc1. The average molecular weight is 289 g/mol. The second-order valence-corrected chi connectivity index (χ2v) is 4.32. The van der Waals surface area contributed by atoms with Crippen LogP contribution in [0.3, 0.4) is 0 Å². The lowest BCUT2D eigenvalue weighted by Crippen LogP contribution is -2.01. The van der Waals surface area contributed by atoms with Crippen LogP contribution in [0.15, 0.2) is 42.5 Å². The molecule has 21 heavy (non-hydrogen) atoms. The van der Waals surface area contributed by atoms with Crippen LogP contribution in [0.4, 0.5) is 5.69 Å². The summed E-state index contributed by atoms with van der Waals surface area (Å²) in [5.74, 6) is 0.617. The average Bonchev–Trinajstić information content (AvgIpc) is 2.52. The van der Waals surface area contributed by atoms with Crippen LogP contribution in [0.2, 0.25) is 0 Å². The third-order valence-corrected chi connectivity index (χ3v) is 2.97. The fourth-order valence-electron chi connectivity index (χ4n) is 1.90. The van der Waals surface area contributed by atoms with E-state index in [1.807, 2.05) is 30.3 Å². The molecule has 0 fully saturated rings. The summed E-state index contributed by atoms with van der Waals surface area (Å²) < 4.78 is 10.7. The first-order chi connectivity index (χ1) is 10.2. The zero-order valence-electron chi connectivity index (χ0n) is 11.5. The summed E-state index contributed by atoms with van der Waals surface area (Å²) in [5.41, 5.74) is 0.929. The smallest absolute Gasteiger partial charge is 0.278 e. The first-order valence-electron chi connectivity index (χ1n) is 6.28. The van der Waals surface area contributed by atoms with E-state index in [9.17, 15) is 15.2 Å². The zero-order chi connectivity index (χ0) is 15.2. The van der Waals surface area contributed by atoms with E-state index in [0.29, 0.717) is 5.75 Å². The first-order valence-corrected chi connectivity index (χ1v) is 6.28. The van der Waals surface area contributed by atoms with Gasteiger partial charge in [0.15, 0.2) is 11.5 Å². The third-order valence-electron chi connectivity index (χ3n) is 2.97. The molecule has 0 saturated carbocycles. The third kappa shape index (κ3) is 3.49. The highest BCUT2D eigenvalue weighted by Gasteiger charge is 2.19. The van der Waals surface area contributed by atoms with Gasteiger partial charge >= 0.3 is 0 Å². The van der Waals surface area contributed by atoms with Crippen molar-refractivity contribution in [1.29, 1.82) is 0 Å². The van der Waals surface area contributed by atoms with E-state index in [-0.39, 0.29) is 23.6 Å². The number of nitro groups is 1. The number of benzene rings is 2. The lowest BCUT2D eigenvalue weighted by molar-refractivity contribution is -0.386. The molecule has 0 atom stereocenters. The van der Waals surface area contributed by atoms with Crippen LogP contribution in [-0.2, 0) is 13.2 Å². The molecule has 0 aliphatic carbocycles. The molecule has 0 bridgehead atoms. The summed E-state index contributed by atoms with van der Waals surface area (Å²) in [6.07, 6.45) is 0. The van der Waals surface area contributed by atoms with Gasteiger partial charge in [0.25, 0.3) is 5.69 Å². The Balaban J connectivity index is 2.29. The molecular formula is C15H15NO5. The molecule has 0 radical (unpaired) electrons. The largest absolute Gasteiger partial charge is 0.493 e. The van der Waals surface area contributed by atoms with Crippen molar-refractivity contribution in [2.45, 2.75) is 13.2 Å². The second-order valence-electron chi connectivity index (χ2n) is 4.32. The summed E-state index contributed by atoms with van der Waals surface area (Å²) in [6.45, 7) is -0.168. The minimum atomic E-state index is -0.555. The van der Waals surface area contributed by atoms with Gasteiger partial charge in [-0.15, -0.1) is 0 Å². The number of nitrogens with zero attached hydrogens (tertiary/aromatic N) is 1. The van der Waals surface area contributed by atoms with Crippen molar-refractivity contribution in [1.82, 2.24) is 0 Å². The van der Waals surface area contributed by atoms with Crippen LogP contribution >= 0.6 is 0 Å². The molecule has 0 heterocycles. The maximum Gasteiger partial charge on any atom is 0.278 e. The van der Waals surface area contributed by atoms with Crippen LogP contribution in [0.5, 0.6) is 11.5 Å². The van der Waals surface area contributed by atoms with Gasteiger partial charge in [0.05, 0.1) is 30.3 Å². The molecule has 0 aliphatic heterocycles. The molecule has 110 valence electrons. The summed E-state index contributed by atoms with van der Waals surface area (Å²) in [7, 11) is 1.44. The molecule has 0 spiro atoms. The summed E-state index contributed by atoms with van der Waals surface area (Å²) in [6, 6.07) is 12.1. The Morgan fingerprint density at radius 2 is 1.90 bits per heavy atom. The highest BCUT2D eigenvalue weighted by atomic mass is 16.6. The second kappa shape index (κ2) is 6.71. The summed E-state index contributed by atoms with van der Waals surface area (Å²) in [4.78, 5) is 10.4. The van der Waals surface area contributed by atoms with E-state index in [1.165, 1.54) is 19.2 Å². The monoisotopic (exact) mass is 289 g/mol. The van der Waals surface area contributed by atoms with Crippen LogP contribution in [0.1, 0.15) is 11.1 Å². The van der Waals surface area contributed by atoms with Crippen molar-refractivity contribution in [3.05, 3.63) is 63.7 Å². The highest BCUT2D eigenvalue weighted by molar-refractivity contribution is 5.54. The van der Waals surface area contributed by atoms with Crippen molar-refractivity contribution in [2.75, 3.05) is 7.11 Å². The zero-order valence-corrected chi connectivity index (χ0v) is 11.5. The minimum Gasteiger partial charge on any atom is -0.493 e. The van der Waals surface area contributed by atoms with Crippen molar-refractivity contribution < 1.29 is 19.5 Å². The molecule has 0 unspecified atom stereocenters. The van der Waals surface area contributed by atoms with Crippen LogP contribution in [-0.4, -0.2) is 17.1 Å². The number of hydrogen-bond donors (Lipinski definition) is 1. The predicted molar refractivity (Wildman–Crippen MR) is 76.3 cm³/mol. The topological polar surface area (TPSA) is 81.8 Å². The number of nitro benzene ring substituents is 1. The molecule has 0 amide bonds. The Morgan fingerprint density at radius 1 is 1.19 bits per heavy atom. The standard InChI is InChI=1S/C15H15NO5/c1-20-14-7-12(9-17)13(16(18)19)8-15(14)21-10-11-5-3-2-4-6-11/h2-8,17H,9-10H2,1H3. The number of aliphatic hydroxyl groups is 1. The lowest BCUT2D eigenvalue weighted by atomic mass is 10.1. The van der Waals surface area contributed by atoms with Crippen LogP contribution in [0.25, 0.3) is 0 Å². The van der Waals surface area contributed by atoms with E-state index in [1.54, 1.807) is 0 Å². The molecule has 1 N–H and O–H groups in total. The molecule has 2 aromatic carbocycles. The Hall–Kier alpha value is -2.60. The molecule has 0 aromatic heterocycles. The van der Waals surface area contributed by atoms with Crippen molar-refractivity contribution in [3.8, 4) is 11.5 Å². The highest BCUT2D eigenvalue weighted by Crippen LogP contribution is 2.35. The van der Waals surface area contributed by atoms with Gasteiger partial charge in [0.1, 0.15) is 6.61 Å². The maximum atomic E-state index is 11.0. The van der Waals surface area contributed by atoms with E-state index >= 15 is 0 Å². The summed E-state index contributed by atoms with van der Waals surface area (Å²) >= 11 is 0.